The molecule has 3 rings (SSSR count). The zero-order valence-electron chi connectivity index (χ0n) is 33.0. The molecule has 3 aliphatic heterocycles. The van der Waals surface area contributed by atoms with E-state index in [2.05, 4.69) is 0 Å². The first-order valence-electron chi connectivity index (χ1n) is 16.8. The summed E-state index contributed by atoms with van der Waals surface area (Å²) in [4.78, 5) is 90.8. The van der Waals surface area contributed by atoms with Gasteiger partial charge in [0.2, 0.25) is 6.29 Å². The first-order chi connectivity index (χ1) is 24.8. The number of carboxylic acids is 1. The highest BCUT2D eigenvalue weighted by Crippen LogP contribution is 2.34. The minimum Gasteiger partial charge on any atom is -0.480 e. The van der Waals surface area contributed by atoms with E-state index in [1.807, 2.05) is 0 Å². The van der Waals surface area contributed by atoms with Gasteiger partial charge < -0.3 is 19.3 Å². The maximum Gasteiger partial charge on any atom is 0.446 e. The van der Waals surface area contributed by atoms with Crippen molar-refractivity contribution < 1.29 is 88.4 Å². The van der Waals surface area contributed by atoms with Gasteiger partial charge in [0.15, 0.2) is 17.3 Å². The van der Waals surface area contributed by atoms with E-state index in [9.17, 15) is 64.3 Å². The van der Waals surface area contributed by atoms with E-state index in [0.29, 0.717) is 4.90 Å². The summed E-state index contributed by atoms with van der Waals surface area (Å²) in [5.74, 6) is -8.39. The molecule has 15 nitrogen and oxygen atoms in total. The zero-order chi connectivity index (χ0) is 44.6. The van der Waals surface area contributed by atoms with Crippen LogP contribution in [0, 0.1) is 0 Å². The summed E-state index contributed by atoms with van der Waals surface area (Å²) in [5.41, 5.74) is -2.24. The van der Waals surface area contributed by atoms with E-state index in [4.69, 9.17) is 24.1 Å². The van der Waals surface area contributed by atoms with Crippen molar-refractivity contribution in [2.24, 2.45) is 0 Å². The van der Waals surface area contributed by atoms with Crippen molar-refractivity contribution in [2.75, 3.05) is 19.6 Å². The van der Waals surface area contributed by atoms with Crippen LogP contribution in [0.15, 0.2) is 0 Å². The molecule has 0 aliphatic carbocycles. The lowest BCUT2D eigenvalue weighted by Gasteiger charge is -2.27. The zero-order valence-corrected chi connectivity index (χ0v) is 33.0. The number of carbonyl (C=O) groups excluding carboxylic acids is 7. The molecule has 3 atom stereocenters. The maximum absolute atomic E-state index is 13.2. The third-order valence-electron chi connectivity index (χ3n) is 6.92. The number of aliphatic carboxylic acids is 1. The number of alkyl halides is 7. The van der Waals surface area contributed by atoms with Crippen molar-refractivity contribution in [1.82, 2.24) is 14.7 Å². The van der Waals surface area contributed by atoms with Gasteiger partial charge in [-0.3, -0.25) is 33.9 Å². The number of rotatable bonds is 3. The van der Waals surface area contributed by atoms with E-state index < -0.39 is 115 Å². The van der Waals surface area contributed by atoms with Gasteiger partial charge in [-0.2, -0.15) is 13.2 Å². The normalized spacial score (nSPS) is 21.6. The molecule has 322 valence electrons. The van der Waals surface area contributed by atoms with Gasteiger partial charge in [0.25, 0.3) is 11.8 Å². The minimum atomic E-state index is -4.64. The largest absolute Gasteiger partial charge is 0.480 e. The first-order valence-corrected chi connectivity index (χ1v) is 16.8. The average molecular weight is 826 g/mol. The quantitative estimate of drug-likeness (QED) is 0.203. The van der Waals surface area contributed by atoms with Crippen LogP contribution < -0.4 is 0 Å². The highest BCUT2D eigenvalue weighted by molar-refractivity contribution is 5.97. The van der Waals surface area contributed by atoms with E-state index in [1.54, 1.807) is 62.3 Å². The van der Waals surface area contributed by atoms with Crippen LogP contribution in [-0.2, 0) is 38.2 Å². The maximum atomic E-state index is 13.2. The van der Waals surface area contributed by atoms with Crippen molar-refractivity contribution in [1.29, 1.82) is 0 Å². The Morgan fingerprint density at radius 2 is 0.946 bits per heavy atom. The lowest BCUT2D eigenvalue weighted by Crippen LogP contribution is -2.43. The van der Waals surface area contributed by atoms with E-state index >= 15 is 0 Å². The minimum absolute atomic E-state index is 0.0286. The van der Waals surface area contributed by atoms with Crippen LogP contribution >= 0.6 is 0 Å². The molecule has 56 heavy (non-hydrogen) atoms. The molecule has 3 unspecified atom stereocenters. The van der Waals surface area contributed by atoms with Gasteiger partial charge in [-0.25, -0.2) is 36.7 Å². The highest BCUT2D eigenvalue weighted by Gasteiger charge is 2.52. The number of carbonyl (C=O) groups is 8. The Morgan fingerprint density at radius 3 is 1.23 bits per heavy atom. The molecule has 0 saturated carbocycles. The molecule has 0 spiro atoms. The molecule has 3 heterocycles. The van der Waals surface area contributed by atoms with Gasteiger partial charge in [0.1, 0.15) is 28.9 Å². The number of aldehydes is 1. The Morgan fingerprint density at radius 1 is 0.643 bits per heavy atom. The number of likely N-dealkylation sites (tertiary alicyclic amines) is 3. The smallest absolute Gasteiger partial charge is 0.446 e. The monoisotopic (exact) mass is 825 g/mol. The van der Waals surface area contributed by atoms with E-state index in [0.717, 1.165) is 4.90 Å². The predicted octanol–water partition coefficient (Wildman–Crippen LogP) is 5.84. The van der Waals surface area contributed by atoms with Crippen molar-refractivity contribution in [2.45, 2.75) is 148 Å². The molecular formula is C34H50F7N3O12. The van der Waals surface area contributed by atoms with Crippen LogP contribution in [0.25, 0.3) is 0 Å². The Kier molecular flexibility index (Phi) is 17.5. The fraction of sp³-hybridized carbons (Fsp3) is 0.765. The fourth-order valence-corrected chi connectivity index (χ4v) is 4.81. The number of halogens is 7. The van der Waals surface area contributed by atoms with Crippen LogP contribution in [0.2, 0.25) is 0 Å². The van der Waals surface area contributed by atoms with Crippen LogP contribution in [-0.4, -0.2) is 140 Å². The molecule has 1 N–H and O–H groups in total. The Labute approximate surface area is 319 Å². The molecule has 3 aliphatic rings. The van der Waals surface area contributed by atoms with Crippen LogP contribution in [0.5, 0.6) is 0 Å². The summed E-state index contributed by atoms with van der Waals surface area (Å²) in [7, 11) is 0. The number of nitrogens with zero attached hydrogens (tertiary/aromatic N) is 3. The topological polar surface area (TPSA) is 194 Å². The lowest BCUT2D eigenvalue weighted by molar-refractivity contribution is -0.156. The molecule has 3 fully saturated rings. The molecule has 3 saturated heterocycles. The summed E-state index contributed by atoms with van der Waals surface area (Å²) in [5, 5.41) is 8.78. The molecule has 22 heteroatoms. The third kappa shape index (κ3) is 19.4. The third-order valence-corrected chi connectivity index (χ3v) is 6.92. The van der Waals surface area contributed by atoms with Gasteiger partial charge in [-0.1, -0.05) is 0 Å². The SMILES string of the molecule is CC(=O)C1CC(=O)CN1C(=O)OC(C)(C)C.CC(=O)C1CC(F)(F)CN1C(=O)OC(C)(C)C.CC(C)(C)OC(=O)N1CC(F)(F)CC1C(=O)O.O=CC(F)(F)F. The predicted molar refractivity (Wildman–Crippen MR) is 180 cm³/mol. The van der Waals surface area contributed by atoms with Crippen LogP contribution in [0.3, 0.4) is 0 Å². The molecule has 0 aromatic heterocycles. The molecular weight excluding hydrogens is 775 g/mol. The van der Waals surface area contributed by atoms with Crippen molar-refractivity contribution >= 4 is 47.9 Å². The number of hydrogen-bond donors (Lipinski definition) is 1. The van der Waals surface area contributed by atoms with Gasteiger partial charge >= 0.3 is 30.4 Å². The average Bonchev–Trinajstić information content (AvgIpc) is 3.63. The molecule has 0 bridgehead atoms. The summed E-state index contributed by atoms with van der Waals surface area (Å²) in [6, 6.07) is -3.26. The van der Waals surface area contributed by atoms with E-state index in [1.165, 1.54) is 18.7 Å². The van der Waals surface area contributed by atoms with Crippen molar-refractivity contribution in [3.8, 4) is 0 Å². The second kappa shape index (κ2) is 19.1. The first kappa shape index (κ1) is 51.5. The van der Waals surface area contributed by atoms with Gasteiger partial charge in [0, 0.05) is 19.3 Å². The number of ketones is 3. The Bertz CT molecular complexity index is 1400. The van der Waals surface area contributed by atoms with Crippen molar-refractivity contribution in [3.05, 3.63) is 0 Å². The summed E-state index contributed by atoms with van der Waals surface area (Å²) >= 11 is 0. The second-order valence-corrected chi connectivity index (χ2v) is 16.0. The second-order valence-electron chi connectivity index (χ2n) is 16.0. The van der Waals surface area contributed by atoms with Crippen molar-refractivity contribution in [3.63, 3.8) is 0 Å². The van der Waals surface area contributed by atoms with Gasteiger partial charge in [0.05, 0.1) is 25.7 Å². The standard InChI is InChI=1S/C11H17F2NO3.C11H17NO4.C10H15F2NO4.C2HF3O/c1-7(15)8-5-11(12,13)6-14(8)9(16)17-10(2,3)4;1-7(13)9-5-8(14)6-12(9)10(15)16-11(2,3)4;1-9(2,3)17-8(16)13-5-10(11,12)4-6(13)7(14)15;3-2(4,5)1-6/h8H,5-6H2,1-4H3;9H,5-6H2,1-4H3;6H,4-5H2,1-3H3,(H,14,15);1H. The highest BCUT2D eigenvalue weighted by atomic mass is 19.4. The molecule has 0 radical (unpaired) electrons. The molecule has 3 amide bonds. The van der Waals surface area contributed by atoms with E-state index in [-0.39, 0.29) is 24.5 Å². The Hall–Kier alpha value is -4.53. The summed E-state index contributed by atoms with van der Waals surface area (Å²) < 4.78 is 98.8. The number of carboxylic acid groups (broad SMARTS) is 1. The van der Waals surface area contributed by atoms with Gasteiger partial charge in [-0.15, -0.1) is 0 Å². The lowest BCUT2D eigenvalue weighted by atomic mass is 10.1. The van der Waals surface area contributed by atoms with Gasteiger partial charge in [-0.05, 0) is 76.2 Å². The summed E-state index contributed by atoms with van der Waals surface area (Å²) in [6.07, 6.45) is -9.58. The number of ether oxygens (including phenoxy) is 3. The Balaban J connectivity index is 0.000000754. The van der Waals surface area contributed by atoms with Crippen LogP contribution in [0.4, 0.5) is 45.1 Å². The number of hydrogen-bond acceptors (Lipinski definition) is 11. The van der Waals surface area contributed by atoms with Crippen LogP contribution in [0.1, 0.15) is 95.4 Å². The fourth-order valence-electron chi connectivity index (χ4n) is 4.81. The molecule has 0 aromatic carbocycles. The number of Topliss-reactive ketones (excluding diaryl/α,β-unsaturated/α-hetero) is 3. The summed E-state index contributed by atoms with van der Waals surface area (Å²) in [6.45, 7) is 15.8. The molecule has 0 aromatic rings. The number of amides is 3.